The van der Waals surface area contributed by atoms with Crippen LogP contribution in [0.2, 0.25) is 0 Å². The number of benzene rings is 1. The highest BCUT2D eigenvalue weighted by Gasteiger charge is 2.28. The SMILES string of the molecule is COc1ccc(C(=O)N2CCN(S(C)(=O)=O)CC2)c(OC)c1C. The number of nitrogens with zero attached hydrogens (tertiary/aromatic N) is 2. The van der Waals surface area contributed by atoms with Crippen LogP contribution in [0.5, 0.6) is 11.5 Å². The fourth-order valence-corrected chi connectivity index (χ4v) is 3.55. The molecule has 1 fully saturated rings. The van der Waals surface area contributed by atoms with E-state index in [-0.39, 0.29) is 5.91 Å². The van der Waals surface area contributed by atoms with E-state index in [9.17, 15) is 13.2 Å². The smallest absolute Gasteiger partial charge is 0.257 e. The molecule has 1 amide bonds. The van der Waals surface area contributed by atoms with Gasteiger partial charge in [-0.3, -0.25) is 4.79 Å². The van der Waals surface area contributed by atoms with Gasteiger partial charge in [-0.15, -0.1) is 0 Å². The Labute approximate surface area is 136 Å². The molecule has 8 heteroatoms. The van der Waals surface area contributed by atoms with Crippen molar-refractivity contribution >= 4 is 15.9 Å². The maximum absolute atomic E-state index is 12.7. The van der Waals surface area contributed by atoms with Gasteiger partial charge in [-0.25, -0.2) is 8.42 Å². The van der Waals surface area contributed by atoms with Gasteiger partial charge in [0.05, 0.1) is 26.0 Å². The molecule has 0 aliphatic carbocycles. The van der Waals surface area contributed by atoms with Crippen LogP contribution in [0.25, 0.3) is 0 Å². The summed E-state index contributed by atoms with van der Waals surface area (Å²) in [6.07, 6.45) is 1.18. The van der Waals surface area contributed by atoms with Crippen LogP contribution in [0.15, 0.2) is 12.1 Å². The van der Waals surface area contributed by atoms with Gasteiger partial charge < -0.3 is 14.4 Å². The Morgan fingerprint density at radius 1 is 1.09 bits per heavy atom. The monoisotopic (exact) mass is 342 g/mol. The number of carbonyl (C=O) groups is 1. The number of carbonyl (C=O) groups excluding carboxylic acids is 1. The highest BCUT2D eigenvalue weighted by atomic mass is 32.2. The van der Waals surface area contributed by atoms with Crippen molar-refractivity contribution in [2.24, 2.45) is 0 Å². The molecule has 0 spiro atoms. The zero-order valence-electron chi connectivity index (χ0n) is 13.8. The highest BCUT2D eigenvalue weighted by molar-refractivity contribution is 7.88. The Morgan fingerprint density at radius 3 is 2.17 bits per heavy atom. The van der Waals surface area contributed by atoms with Gasteiger partial charge in [-0.1, -0.05) is 0 Å². The first-order valence-electron chi connectivity index (χ1n) is 7.25. The first-order valence-corrected chi connectivity index (χ1v) is 9.10. The summed E-state index contributed by atoms with van der Waals surface area (Å²) in [5.74, 6) is 0.973. The molecule has 0 aromatic heterocycles. The molecule has 1 heterocycles. The van der Waals surface area contributed by atoms with Gasteiger partial charge >= 0.3 is 0 Å². The van der Waals surface area contributed by atoms with Crippen LogP contribution < -0.4 is 9.47 Å². The topological polar surface area (TPSA) is 76.2 Å². The summed E-state index contributed by atoms with van der Waals surface area (Å²) in [6.45, 7) is 3.17. The van der Waals surface area contributed by atoms with Crippen molar-refractivity contribution in [3.63, 3.8) is 0 Å². The molecular formula is C15H22N2O5S. The molecule has 23 heavy (non-hydrogen) atoms. The van der Waals surface area contributed by atoms with E-state index in [1.54, 1.807) is 24.1 Å². The number of ether oxygens (including phenoxy) is 2. The van der Waals surface area contributed by atoms with Crippen molar-refractivity contribution < 1.29 is 22.7 Å². The fourth-order valence-electron chi connectivity index (χ4n) is 2.72. The molecule has 0 unspecified atom stereocenters. The third-order valence-corrected chi connectivity index (χ3v) is 5.31. The third-order valence-electron chi connectivity index (χ3n) is 4.01. The average molecular weight is 342 g/mol. The quantitative estimate of drug-likeness (QED) is 0.806. The molecule has 2 rings (SSSR count). The van der Waals surface area contributed by atoms with Crippen molar-refractivity contribution in [1.29, 1.82) is 0 Å². The molecule has 1 aliphatic heterocycles. The van der Waals surface area contributed by atoms with Crippen molar-refractivity contribution in [2.75, 3.05) is 46.7 Å². The van der Waals surface area contributed by atoms with Crippen LogP contribution >= 0.6 is 0 Å². The van der Waals surface area contributed by atoms with Crippen LogP contribution in [0.3, 0.4) is 0 Å². The second-order valence-corrected chi connectivity index (χ2v) is 7.41. The lowest BCUT2D eigenvalue weighted by Gasteiger charge is -2.33. The molecule has 128 valence electrons. The van der Waals surface area contributed by atoms with Crippen LogP contribution in [0, 0.1) is 6.92 Å². The lowest BCUT2D eigenvalue weighted by molar-refractivity contribution is 0.0694. The van der Waals surface area contributed by atoms with Gasteiger partial charge in [0.25, 0.3) is 5.91 Å². The summed E-state index contributed by atoms with van der Waals surface area (Å²) in [5.41, 5.74) is 1.22. The number of methoxy groups -OCH3 is 2. The fraction of sp³-hybridized carbons (Fsp3) is 0.533. The molecule has 1 aliphatic rings. The van der Waals surface area contributed by atoms with Gasteiger partial charge in [0.15, 0.2) is 0 Å². The minimum atomic E-state index is -3.21. The van der Waals surface area contributed by atoms with E-state index in [1.165, 1.54) is 17.7 Å². The highest BCUT2D eigenvalue weighted by Crippen LogP contribution is 2.32. The van der Waals surface area contributed by atoms with E-state index in [0.29, 0.717) is 43.2 Å². The van der Waals surface area contributed by atoms with E-state index >= 15 is 0 Å². The van der Waals surface area contributed by atoms with Gasteiger partial charge in [0, 0.05) is 31.7 Å². The molecule has 0 N–H and O–H groups in total. The van der Waals surface area contributed by atoms with Crippen LogP contribution in [0.4, 0.5) is 0 Å². The van der Waals surface area contributed by atoms with E-state index in [4.69, 9.17) is 9.47 Å². The Morgan fingerprint density at radius 2 is 1.70 bits per heavy atom. The number of sulfonamides is 1. The van der Waals surface area contributed by atoms with Gasteiger partial charge in [-0.05, 0) is 19.1 Å². The lowest BCUT2D eigenvalue weighted by atomic mass is 10.1. The van der Waals surface area contributed by atoms with Crippen molar-refractivity contribution in [3.05, 3.63) is 23.3 Å². The number of hydrogen-bond acceptors (Lipinski definition) is 5. The maximum Gasteiger partial charge on any atom is 0.257 e. The average Bonchev–Trinajstić information content (AvgIpc) is 2.53. The van der Waals surface area contributed by atoms with Crippen LogP contribution in [-0.2, 0) is 10.0 Å². The van der Waals surface area contributed by atoms with E-state index in [2.05, 4.69) is 0 Å². The molecule has 1 aromatic rings. The predicted octanol–water partition coefficient (Wildman–Crippen LogP) is 0.730. The maximum atomic E-state index is 12.7. The summed E-state index contributed by atoms with van der Waals surface area (Å²) < 4.78 is 35.1. The van der Waals surface area contributed by atoms with Crippen LogP contribution in [0.1, 0.15) is 15.9 Å². The Kier molecular flexibility index (Phi) is 5.16. The first kappa shape index (κ1) is 17.6. The molecule has 0 saturated carbocycles. The lowest BCUT2D eigenvalue weighted by Crippen LogP contribution is -2.50. The Hall–Kier alpha value is -1.80. The largest absolute Gasteiger partial charge is 0.496 e. The summed E-state index contributed by atoms with van der Waals surface area (Å²) in [6, 6.07) is 3.41. The molecule has 1 saturated heterocycles. The summed E-state index contributed by atoms with van der Waals surface area (Å²) in [4.78, 5) is 14.4. The molecule has 0 radical (unpaired) electrons. The summed E-state index contributed by atoms with van der Waals surface area (Å²) >= 11 is 0. The minimum Gasteiger partial charge on any atom is -0.496 e. The second kappa shape index (κ2) is 6.76. The second-order valence-electron chi connectivity index (χ2n) is 5.43. The van der Waals surface area contributed by atoms with Crippen molar-refractivity contribution in [3.8, 4) is 11.5 Å². The summed E-state index contributed by atoms with van der Waals surface area (Å²) in [7, 11) is -0.137. The molecule has 7 nitrogen and oxygen atoms in total. The number of amides is 1. The standard InChI is InChI=1S/C15H22N2O5S/c1-11-13(21-2)6-5-12(14(11)22-3)15(18)16-7-9-17(10-8-16)23(4,19)20/h5-6H,7-10H2,1-4H3. The molecule has 0 atom stereocenters. The van der Waals surface area contributed by atoms with Gasteiger partial charge in [-0.2, -0.15) is 4.31 Å². The van der Waals surface area contributed by atoms with Crippen molar-refractivity contribution in [2.45, 2.75) is 6.92 Å². The normalized spacial score (nSPS) is 16.3. The Bertz CT molecular complexity index is 694. The number of piperazine rings is 1. The minimum absolute atomic E-state index is 0.166. The van der Waals surface area contributed by atoms with Crippen molar-refractivity contribution in [1.82, 2.24) is 9.21 Å². The van der Waals surface area contributed by atoms with Crippen LogP contribution in [-0.4, -0.2) is 70.2 Å². The zero-order chi connectivity index (χ0) is 17.2. The van der Waals surface area contributed by atoms with Gasteiger partial charge in [0.2, 0.25) is 10.0 Å². The summed E-state index contributed by atoms with van der Waals surface area (Å²) in [5, 5.41) is 0. The first-order chi connectivity index (χ1) is 10.8. The van der Waals surface area contributed by atoms with E-state index < -0.39 is 10.0 Å². The molecule has 1 aromatic carbocycles. The predicted molar refractivity (Wildman–Crippen MR) is 86.6 cm³/mol. The number of hydrogen-bond donors (Lipinski definition) is 0. The van der Waals surface area contributed by atoms with E-state index in [1.807, 2.05) is 6.92 Å². The third kappa shape index (κ3) is 3.59. The molecular weight excluding hydrogens is 320 g/mol. The molecule has 0 bridgehead atoms. The Balaban J connectivity index is 2.21. The van der Waals surface area contributed by atoms with E-state index in [0.717, 1.165) is 5.56 Å². The van der Waals surface area contributed by atoms with Gasteiger partial charge in [0.1, 0.15) is 11.5 Å². The number of rotatable bonds is 4. The zero-order valence-corrected chi connectivity index (χ0v) is 14.6.